The Bertz CT molecular complexity index is 398. The van der Waals surface area contributed by atoms with E-state index in [1.807, 2.05) is 0 Å². The van der Waals surface area contributed by atoms with Crippen molar-refractivity contribution < 1.29 is 0 Å². The molecule has 0 spiro atoms. The van der Waals surface area contributed by atoms with Gasteiger partial charge in [0.15, 0.2) is 5.96 Å². The molecule has 94 valence electrons. The Morgan fingerprint density at radius 1 is 1.35 bits per heavy atom. The first-order valence-electron chi connectivity index (χ1n) is 6.00. The fraction of sp³-hybridized carbons (Fsp3) is 0.583. The van der Waals surface area contributed by atoms with Gasteiger partial charge in [0, 0.05) is 31.0 Å². The largest absolute Gasteiger partial charge is 0.353 e. The SMILES string of the molecule is Cn1cccc1CN=C1NC2CCCC2N1.I. The molecular weight excluding hydrogens is 327 g/mol. The van der Waals surface area contributed by atoms with Crippen LogP contribution in [0.25, 0.3) is 0 Å². The molecule has 1 aromatic heterocycles. The van der Waals surface area contributed by atoms with Crippen LogP contribution in [0.4, 0.5) is 0 Å². The number of halogens is 1. The Balaban J connectivity index is 0.00000108. The van der Waals surface area contributed by atoms with Crippen molar-refractivity contribution in [2.45, 2.75) is 37.9 Å². The van der Waals surface area contributed by atoms with Gasteiger partial charge in [0.25, 0.3) is 0 Å². The molecule has 0 amide bonds. The number of fused-ring (bicyclic) bond motifs is 1. The molecule has 1 saturated carbocycles. The summed E-state index contributed by atoms with van der Waals surface area (Å²) >= 11 is 0. The molecule has 1 aliphatic heterocycles. The van der Waals surface area contributed by atoms with E-state index < -0.39 is 0 Å². The molecule has 3 rings (SSSR count). The molecule has 4 nitrogen and oxygen atoms in total. The predicted molar refractivity (Wildman–Crippen MR) is 79.7 cm³/mol. The number of guanidine groups is 1. The first kappa shape index (κ1) is 12.7. The van der Waals surface area contributed by atoms with E-state index in [0.717, 1.165) is 12.5 Å². The van der Waals surface area contributed by atoms with Crippen molar-refractivity contribution in [2.24, 2.45) is 12.0 Å². The molecule has 0 bridgehead atoms. The minimum absolute atomic E-state index is 0. The van der Waals surface area contributed by atoms with Crippen LogP contribution in [-0.2, 0) is 13.6 Å². The van der Waals surface area contributed by atoms with Crippen molar-refractivity contribution in [3.63, 3.8) is 0 Å². The minimum atomic E-state index is 0. The molecule has 1 aromatic rings. The normalized spacial score (nSPS) is 25.8. The van der Waals surface area contributed by atoms with Crippen molar-refractivity contribution >= 4 is 29.9 Å². The smallest absolute Gasteiger partial charge is 0.192 e. The van der Waals surface area contributed by atoms with Gasteiger partial charge in [-0.1, -0.05) is 0 Å². The molecule has 0 radical (unpaired) electrons. The van der Waals surface area contributed by atoms with Crippen LogP contribution in [-0.4, -0.2) is 22.6 Å². The highest BCUT2D eigenvalue weighted by Gasteiger charge is 2.33. The number of hydrogen-bond acceptors (Lipinski definition) is 1. The van der Waals surface area contributed by atoms with E-state index in [0.29, 0.717) is 12.1 Å². The van der Waals surface area contributed by atoms with E-state index in [9.17, 15) is 0 Å². The van der Waals surface area contributed by atoms with E-state index in [-0.39, 0.29) is 24.0 Å². The van der Waals surface area contributed by atoms with Gasteiger partial charge in [-0.05, 0) is 31.4 Å². The second kappa shape index (κ2) is 5.29. The maximum atomic E-state index is 4.58. The van der Waals surface area contributed by atoms with Crippen molar-refractivity contribution in [3.8, 4) is 0 Å². The Labute approximate surface area is 119 Å². The van der Waals surface area contributed by atoms with Crippen LogP contribution in [0, 0.1) is 0 Å². The van der Waals surface area contributed by atoms with Crippen molar-refractivity contribution in [2.75, 3.05) is 0 Å². The van der Waals surface area contributed by atoms with Crippen LogP contribution in [0.2, 0.25) is 0 Å². The van der Waals surface area contributed by atoms with Gasteiger partial charge in [0.05, 0.1) is 6.54 Å². The standard InChI is InChI=1S/C12H18N4.HI/c1-16-7-3-4-9(16)8-13-12-14-10-5-2-6-11(10)15-12;/h3-4,7,10-11H,2,5-6,8H2,1H3,(H2,13,14,15);1H. The topological polar surface area (TPSA) is 41.4 Å². The molecule has 2 unspecified atom stereocenters. The molecule has 1 aliphatic carbocycles. The summed E-state index contributed by atoms with van der Waals surface area (Å²) in [5, 5.41) is 6.93. The van der Waals surface area contributed by atoms with E-state index in [1.165, 1.54) is 25.0 Å². The summed E-state index contributed by atoms with van der Waals surface area (Å²) in [7, 11) is 2.06. The lowest BCUT2D eigenvalue weighted by Crippen LogP contribution is -2.28. The van der Waals surface area contributed by atoms with Gasteiger partial charge < -0.3 is 15.2 Å². The summed E-state index contributed by atoms with van der Waals surface area (Å²) in [6.45, 7) is 0.748. The quantitative estimate of drug-likeness (QED) is 0.799. The number of aryl methyl sites for hydroxylation is 1. The number of nitrogens with one attached hydrogen (secondary N) is 2. The average molecular weight is 346 g/mol. The molecule has 2 fully saturated rings. The second-order valence-corrected chi connectivity index (χ2v) is 4.71. The highest BCUT2D eigenvalue weighted by molar-refractivity contribution is 14.0. The van der Waals surface area contributed by atoms with Gasteiger partial charge in [-0.15, -0.1) is 24.0 Å². The van der Waals surface area contributed by atoms with Gasteiger partial charge in [-0.2, -0.15) is 0 Å². The van der Waals surface area contributed by atoms with Crippen LogP contribution in [0.1, 0.15) is 25.0 Å². The summed E-state index contributed by atoms with van der Waals surface area (Å²) in [4.78, 5) is 4.58. The maximum absolute atomic E-state index is 4.58. The summed E-state index contributed by atoms with van der Waals surface area (Å²) < 4.78 is 2.11. The van der Waals surface area contributed by atoms with Gasteiger partial charge >= 0.3 is 0 Å². The molecular formula is C12H19IN4. The third kappa shape index (κ3) is 2.59. The monoisotopic (exact) mass is 346 g/mol. The fourth-order valence-corrected chi connectivity index (χ4v) is 2.61. The lowest BCUT2D eigenvalue weighted by molar-refractivity contribution is 0.583. The van der Waals surface area contributed by atoms with Crippen molar-refractivity contribution in [1.29, 1.82) is 0 Å². The molecule has 5 heteroatoms. The zero-order chi connectivity index (χ0) is 11.0. The second-order valence-electron chi connectivity index (χ2n) is 4.71. The molecule has 2 N–H and O–H groups in total. The fourth-order valence-electron chi connectivity index (χ4n) is 2.61. The average Bonchev–Trinajstić information content (AvgIpc) is 2.89. The van der Waals surface area contributed by atoms with E-state index >= 15 is 0 Å². The van der Waals surface area contributed by atoms with E-state index in [1.54, 1.807) is 0 Å². The highest BCUT2D eigenvalue weighted by Crippen LogP contribution is 2.22. The van der Waals surface area contributed by atoms with E-state index in [4.69, 9.17) is 0 Å². The van der Waals surface area contributed by atoms with Crippen LogP contribution in [0.3, 0.4) is 0 Å². The molecule has 17 heavy (non-hydrogen) atoms. The number of aromatic nitrogens is 1. The van der Waals surface area contributed by atoms with Crippen LogP contribution in [0.5, 0.6) is 0 Å². The van der Waals surface area contributed by atoms with Gasteiger partial charge in [-0.25, -0.2) is 4.99 Å². The Morgan fingerprint density at radius 2 is 2.06 bits per heavy atom. The third-order valence-corrected chi connectivity index (χ3v) is 3.61. The lowest BCUT2D eigenvalue weighted by Gasteiger charge is -2.04. The van der Waals surface area contributed by atoms with Crippen molar-refractivity contribution in [3.05, 3.63) is 24.0 Å². The maximum Gasteiger partial charge on any atom is 0.192 e. The number of hydrogen-bond donors (Lipinski definition) is 2. The molecule has 0 aromatic carbocycles. The lowest BCUT2D eigenvalue weighted by atomic mass is 10.2. The zero-order valence-corrected chi connectivity index (χ0v) is 12.3. The minimum Gasteiger partial charge on any atom is -0.353 e. The van der Waals surface area contributed by atoms with Crippen LogP contribution >= 0.6 is 24.0 Å². The van der Waals surface area contributed by atoms with Crippen LogP contribution in [0.15, 0.2) is 23.3 Å². The van der Waals surface area contributed by atoms with Gasteiger partial charge in [0.1, 0.15) is 0 Å². The summed E-state index contributed by atoms with van der Waals surface area (Å²) in [6, 6.07) is 5.40. The molecule has 1 saturated heterocycles. The Hall–Kier alpha value is -0.720. The summed E-state index contributed by atoms with van der Waals surface area (Å²) in [5.74, 6) is 0.982. The number of nitrogens with zero attached hydrogens (tertiary/aromatic N) is 2. The first-order valence-corrected chi connectivity index (χ1v) is 6.00. The third-order valence-electron chi connectivity index (χ3n) is 3.61. The predicted octanol–water partition coefficient (Wildman–Crippen LogP) is 1.61. The Kier molecular flexibility index (Phi) is 3.96. The first-order chi connectivity index (χ1) is 7.83. The number of rotatable bonds is 2. The summed E-state index contributed by atoms with van der Waals surface area (Å²) in [5.41, 5.74) is 1.24. The number of aliphatic imine (C=N–C) groups is 1. The molecule has 2 atom stereocenters. The summed E-state index contributed by atoms with van der Waals surface area (Å²) in [6.07, 6.45) is 5.95. The van der Waals surface area contributed by atoms with E-state index in [2.05, 4.69) is 45.6 Å². The molecule has 2 aliphatic rings. The van der Waals surface area contributed by atoms with Gasteiger partial charge in [-0.3, -0.25) is 0 Å². The highest BCUT2D eigenvalue weighted by atomic mass is 127. The van der Waals surface area contributed by atoms with Crippen LogP contribution < -0.4 is 10.6 Å². The van der Waals surface area contributed by atoms with Crippen molar-refractivity contribution in [1.82, 2.24) is 15.2 Å². The molecule has 2 heterocycles. The van der Waals surface area contributed by atoms with Gasteiger partial charge in [0.2, 0.25) is 0 Å². The zero-order valence-electron chi connectivity index (χ0n) is 10.0. The Morgan fingerprint density at radius 3 is 2.65 bits per heavy atom.